The van der Waals surface area contributed by atoms with E-state index in [4.69, 9.17) is 17.0 Å². The molecule has 0 bridgehead atoms. The Bertz CT molecular complexity index is 738. The number of allylic oxidation sites excluding steroid dienone is 4. The fourth-order valence-electron chi connectivity index (χ4n) is 4.94. The second-order valence-electron chi connectivity index (χ2n) is 7.97. The van der Waals surface area contributed by atoms with Gasteiger partial charge in [0.2, 0.25) is 0 Å². The van der Waals surface area contributed by atoms with Gasteiger partial charge in [-0.25, -0.2) is 0 Å². The molecular weight excluding hydrogens is 346 g/mol. The fraction of sp³-hybridized carbons (Fsp3) is 0.550. The molecule has 6 heteroatoms. The van der Waals surface area contributed by atoms with Gasteiger partial charge in [0.15, 0.2) is 0 Å². The number of likely N-dealkylation sites (tertiary alicyclic amines) is 1. The third-order valence-electron chi connectivity index (χ3n) is 6.20. The van der Waals surface area contributed by atoms with Gasteiger partial charge < -0.3 is 14.7 Å². The van der Waals surface area contributed by atoms with Crippen LogP contribution < -0.4 is 0 Å². The van der Waals surface area contributed by atoms with Crippen molar-refractivity contribution < 1.29 is 0 Å². The van der Waals surface area contributed by atoms with Crippen LogP contribution in [0.1, 0.15) is 6.42 Å². The van der Waals surface area contributed by atoms with Crippen molar-refractivity contribution in [1.29, 1.82) is 5.26 Å². The van der Waals surface area contributed by atoms with E-state index in [9.17, 15) is 0 Å². The number of nitrogens with zero attached hydrogens (tertiary/aromatic N) is 5. The molecule has 4 aliphatic rings. The maximum Gasteiger partial charge on any atom is 0.0914 e. The van der Waals surface area contributed by atoms with Crippen LogP contribution in [0.5, 0.6) is 0 Å². The molecule has 0 aromatic heterocycles. The summed E-state index contributed by atoms with van der Waals surface area (Å²) in [6, 6.07) is 2.32. The quantitative estimate of drug-likeness (QED) is 0.521. The van der Waals surface area contributed by atoms with E-state index >= 15 is 0 Å². The number of piperazine rings is 1. The van der Waals surface area contributed by atoms with Crippen LogP contribution in [0, 0.1) is 16.7 Å². The predicted molar refractivity (Wildman–Crippen MR) is 104 cm³/mol. The summed E-state index contributed by atoms with van der Waals surface area (Å²) in [7, 11) is 4.37. The molecule has 3 heterocycles. The molecule has 0 aromatic carbocycles. The van der Waals surface area contributed by atoms with Crippen molar-refractivity contribution in [1.82, 2.24) is 19.1 Å². The molecule has 1 aliphatic carbocycles. The summed E-state index contributed by atoms with van der Waals surface area (Å²) in [4.78, 5) is 7.30. The van der Waals surface area contributed by atoms with Gasteiger partial charge in [-0.1, -0.05) is 12.2 Å². The fourth-order valence-corrected chi connectivity index (χ4v) is 5.25. The number of nitriles is 1. The number of likely N-dealkylation sites (N-methyl/N-ethyl adjacent to an activating group) is 2. The maximum atomic E-state index is 9.15. The smallest absolute Gasteiger partial charge is 0.0914 e. The summed E-state index contributed by atoms with van der Waals surface area (Å²) in [5.41, 5.74) is 3.83. The standard InChI is InChI=1S/C20H26ClN5/c1-23-9-11-25(12-10-23)18-6-8-26(21)19-4-3-16(5-7-22)13-20(19)15-24(2)14-17(18)20/h3-6,8,19H,9-15H2,1-2H3/b16-5-. The van der Waals surface area contributed by atoms with E-state index in [0.29, 0.717) is 0 Å². The van der Waals surface area contributed by atoms with Crippen molar-refractivity contribution in [2.24, 2.45) is 5.41 Å². The number of hydrogen-bond donors (Lipinski definition) is 0. The Labute approximate surface area is 161 Å². The molecule has 0 amide bonds. The lowest BCUT2D eigenvalue weighted by atomic mass is 9.68. The normalized spacial score (nSPS) is 34.1. The van der Waals surface area contributed by atoms with Gasteiger partial charge >= 0.3 is 0 Å². The summed E-state index contributed by atoms with van der Waals surface area (Å²) >= 11 is 6.69. The molecule has 0 N–H and O–H groups in total. The van der Waals surface area contributed by atoms with E-state index in [2.05, 4.69) is 53.1 Å². The Morgan fingerprint density at radius 2 is 1.96 bits per heavy atom. The Balaban J connectivity index is 1.81. The minimum absolute atomic E-state index is 0.0733. The van der Waals surface area contributed by atoms with Crippen molar-refractivity contribution in [2.75, 3.05) is 53.4 Å². The highest BCUT2D eigenvalue weighted by atomic mass is 35.5. The van der Waals surface area contributed by atoms with Gasteiger partial charge in [-0.05, 0) is 37.7 Å². The summed E-state index contributed by atoms with van der Waals surface area (Å²) < 4.78 is 1.84. The first-order chi connectivity index (χ1) is 12.5. The van der Waals surface area contributed by atoms with Crippen LogP contribution in [-0.4, -0.2) is 78.5 Å². The molecule has 3 aliphatic heterocycles. The molecule has 26 heavy (non-hydrogen) atoms. The van der Waals surface area contributed by atoms with E-state index in [0.717, 1.165) is 51.3 Å². The summed E-state index contributed by atoms with van der Waals surface area (Å²) in [6.07, 6.45) is 11.0. The van der Waals surface area contributed by atoms with Gasteiger partial charge in [0, 0.05) is 74.4 Å². The summed E-state index contributed by atoms with van der Waals surface area (Å²) in [6.45, 7) is 6.18. The largest absolute Gasteiger partial charge is 0.369 e. The molecule has 0 saturated carbocycles. The van der Waals surface area contributed by atoms with E-state index in [1.54, 1.807) is 6.08 Å². The minimum atomic E-state index is -0.0733. The van der Waals surface area contributed by atoms with Gasteiger partial charge in [-0.3, -0.25) is 4.42 Å². The van der Waals surface area contributed by atoms with Gasteiger partial charge in [0.1, 0.15) is 0 Å². The number of rotatable bonds is 1. The Hall–Kier alpha value is -1.74. The van der Waals surface area contributed by atoms with Crippen LogP contribution in [0.2, 0.25) is 0 Å². The summed E-state index contributed by atoms with van der Waals surface area (Å²) in [5.74, 6) is 0. The first-order valence-corrected chi connectivity index (χ1v) is 9.62. The monoisotopic (exact) mass is 371 g/mol. The molecule has 138 valence electrons. The first kappa shape index (κ1) is 17.7. The molecule has 2 atom stereocenters. The third kappa shape index (κ3) is 2.87. The van der Waals surface area contributed by atoms with Crippen molar-refractivity contribution in [3.63, 3.8) is 0 Å². The predicted octanol–water partition coefficient (Wildman–Crippen LogP) is 2.18. The Morgan fingerprint density at radius 3 is 2.69 bits per heavy atom. The highest BCUT2D eigenvalue weighted by molar-refractivity contribution is 6.14. The van der Waals surface area contributed by atoms with Gasteiger partial charge in [0.05, 0.1) is 12.1 Å². The van der Waals surface area contributed by atoms with E-state index in [-0.39, 0.29) is 11.5 Å². The second-order valence-corrected chi connectivity index (χ2v) is 8.36. The molecule has 0 aromatic rings. The van der Waals surface area contributed by atoms with Crippen molar-refractivity contribution in [3.8, 4) is 6.07 Å². The highest BCUT2D eigenvalue weighted by Crippen LogP contribution is 2.51. The molecule has 5 nitrogen and oxygen atoms in total. The Morgan fingerprint density at radius 1 is 1.19 bits per heavy atom. The van der Waals surface area contributed by atoms with Crippen LogP contribution in [-0.2, 0) is 0 Å². The topological polar surface area (TPSA) is 36.8 Å². The molecular formula is C20H26ClN5. The van der Waals surface area contributed by atoms with Gasteiger partial charge in [-0.2, -0.15) is 5.26 Å². The van der Waals surface area contributed by atoms with Gasteiger partial charge in [-0.15, -0.1) is 0 Å². The molecule has 4 rings (SSSR count). The molecule has 1 spiro atoms. The van der Waals surface area contributed by atoms with Crippen molar-refractivity contribution >= 4 is 11.8 Å². The van der Waals surface area contributed by atoms with Crippen molar-refractivity contribution in [3.05, 3.63) is 47.3 Å². The van der Waals surface area contributed by atoms with Crippen LogP contribution in [0.3, 0.4) is 0 Å². The SMILES string of the molecule is CN1CCN(C2=C3CN(C)CC34C/C(=C\C#N)C=CC4N(Cl)C=C2)CC1. The van der Waals surface area contributed by atoms with Crippen LogP contribution in [0.25, 0.3) is 0 Å². The molecule has 2 fully saturated rings. The molecule has 2 unspecified atom stereocenters. The minimum Gasteiger partial charge on any atom is -0.369 e. The van der Waals surface area contributed by atoms with Crippen molar-refractivity contribution in [2.45, 2.75) is 12.5 Å². The van der Waals surface area contributed by atoms with Crippen LogP contribution in [0.15, 0.2) is 47.3 Å². The third-order valence-corrected chi connectivity index (χ3v) is 6.53. The zero-order valence-corrected chi connectivity index (χ0v) is 16.3. The lowest BCUT2D eigenvalue weighted by Gasteiger charge is -2.43. The number of hydrogen-bond acceptors (Lipinski definition) is 5. The second kappa shape index (κ2) is 6.77. The summed E-state index contributed by atoms with van der Waals surface area (Å²) in [5, 5.41) is 9.15. The average Bonchev–Trinajstić information content (AvgIpc) is 2.87. The zero-order valence-electron chi connectivity index (χ0n) is 15.5. The van der Waals surface area contributed by atoms with E-state index in [1.807, 2.05) is 10.6 Å². The molecule has 2 saturated heterocycles. The highest BCUT2D eigenvalue weighted by Gasteiger charge is 2.52. The van der Waals surface area contributed by atoms with E-state index in [1.165, 1.54) is 11.3 Å². The first-order valence-electron chi connectivity index (χ1n) is 9.28. The van der Waals surface area contributed by atoms with Gasteiger partial charge in [0.25, 0.3) is 0 Å². The lowest BCUT2D eigenvalue weighted by Crippen LogP contribution is -2.47. The Kier molecular flexibility index (Phi) is 4.60. The van der Waals surface area contributed by atoms with Crippen LogP contribution in [0.4, 0.5) is 0 Å². The average molecular weight is 372 g/mol. The lowest BCUT2D eigenvalue weighted by molar-refractivity contribution is 0.183. The molecule has 0 radical (unpaired) electrons. The zero-order chi connectivity index (χ0) is 18.3. The van der Waals surface area contributed by atoms with Crippen LogP contribution >= 0.6 is 11.8 Å². The van der Waals surface area contributed by atoms with E-state index < -0.39 is 0 Å². The maximum absolute atomic E-state index is 9.15. The number of halogens is 1.